The molecule has 8 heteroatoms. The van der Waals surface area contributed by atoms with Crippen molar-refractivity contribution in [3.8, 4) is 5.75 Å². The number of carbonyl (C=O) groups excluding carboxylic acids is 2. The third-order valence-electron chi connectivity index (χ3n) is 2.34. The van der Waals surface area contributed by atoms with Gasteiger partial charge in [-0.1, -0.05) is 0 Å². The third-order valence-corrected chi connectivity index (χ3v) is 2.34. The average molecular weight is 312 g/mol. The largest absolute Gasteiger partial charge is 0.490 e. The zero-order valence-electron chi connectivity index (χ0n) is 13.3. The summed E-state index contributed by atoms with van der Waals surface area (Å²) < 4.78 is 16.0. The number of amides is 1. The summed E-state index contributed by atoms with van der Waals surface area (Å²) in [6.07, 6.45) is 0.435. The summed E-state index contributed by atoms with van der Waals surface area (Å²) in [6, 6.07) is 1.15. The van der Waals surface area contributed by atoms with Gasteiger partial charge in [-0.25, -0.2) is 19.7 Å². The van der Waals surface area contributed by atoms with Crippen LogP contribution in [0.2, 0.25) is 0 Å². The Labute approximate surface area is 127 Å². The summed E-state index contributed by atoms with van der Waals surface area (Å²) in [4.78, 5) is 35.6. The zero-order chi connectivity index (χ0) is 16.9. The number of esters is 1. The van der Waals surface area contributed by atoms with E-state index in [2.05, 4.69) is 5.43 Å². The molecule has 0 aliphatic rings. The predicted octanol–water partition coefficient (Wildman–Crippen LogP) is 1.51. The molecule has 122 valence electrons. The van der Waals surface area contributed by atoms with Crippen LogP contribution in [-0.4, -0.2) is 36.1 Å². The fourth-order valence-corrected chi connectivity index (χ4v) is 1.60. The maximum Gasteiger partial charge on any atom is 0.426 e. The van der Waals surface area contributed by atoms with E-state index in [0.29, 0.717) is 0 Å². The highest BCUT2D eigenvalue weighted by Crippen LogP contribution is 2.14. The summed E-state index contributed by atoms with van der Waals surface area (Å²) >= 11 is 0. The molecule has 1 aromatic rings. The van der Waals surface area contributed by atoms with Crippen LogP contribution in [0.5, 0.6) is 5.75 Å². The number of pyridine rings is 1. The van der Waals surface area contributed by atoms with E-state index in [1.54, 1.807) is 27.7 Å². The van der Waals surface area contributed by atoms with E-state index in [-0.39, 0.29) is 18.1 Å². The van der Waals surface area contributed by atoms with Gasteiger partial charge in [0.05, 0.1) is 13.7 Å². The molecule has 0 bridgehead atoms. The highest BCUT2D eigenvalue weighted by Gasteiger charge is 2.23. The summed E-state index contributed by atoms with van der Waals surface area (Å²) in [5.41, 5.74) is 0.907. The Morgan fingerprint density at radius 2 is 1.95 bits per heavy atom. The molecule has 0 saturated carbocycles. The minimum atomic E-state index is -0.798. The lowest BCUT2D eigenvalue weighted by molar-refractivity contribution is 0.0507. The van der Waals surface area contributed by atoms with Crippen LogP contribution in [0.4, 0.5) is 4.79 Å². The van der Waals surface area contributed by atoms with Crippen LogP contribution in [0, 0.1) is 0 Å². The van der Waals surface area contributed by atoms with Gasteiger partial charge in [-0.2, -0.15) is 0 Å². The number of carbonyl (C=O) groups is 2. The lowest BCUT2D eigenvalue weighted by Crippen LogP contribution is -2.34. The van der Waals surface area contributed by atoms with E-state index < -0.39 is 23.1 Å². The molecule has 8 nitrogen and oxygen atoms in total. The van der Waals surface area contributed by atoms with E-state index in [9.17, 15) is 14.4 Å². The molecule has 0 aliphatic heterocycles. The molecule has 0 radical (unpaired) electrons. The van der Waals surface area contributed by atoms with Crippen molar-refractivity contribution in [2.75, 3.05) is 19.1 Å². The minimum absolute atomic E-state index is 0.109. The van der Waals surface area contributed by atoms with Crippen molar-refractivity contribution in [3.63, 3.8) is 0 Å². The fraction of sp³-hybridized carbons (Fsp3) is 0.500. The van der Waals surface area contributed by atoms with Crippen LogP contribution in [0.15, 0.2) is 17.1 Å². The number of nitrogens with zero attached hydrogens (tertiary/aromatic N) is 1. The van der Waals surface area contributed by atoms with Crippen molar-refractivity contribution < 1.29 is 23.8 Å². The highest BCUT2D eigenvalue weighted by molar-refractivity contribution is 5.91. The number of hydrogen-bond acceptors (Lipinski definition) is 6. The fourth-order valence-electron chi connectivity index (χ4n) is 1.60. The van der Waals surface area contributed by atoms with Crippen LogP contribution < -0.4 is 15.6 Å². The third kappa shape index (κ3) is 4.51. The Bertz CT molecular complexity index is 615. The van der Waals surface area contributed by atoms with Gasteiger partial charge in [0, 0.05) is 12.3 Å². The standard InChI is InChI=1S/C14H20N2O6/c1-6-21-12(18)10-11(20-5)9(17)7-8-16(10)15-13(19)22-14(2,3)4/h7-8H,6H2,1-5H3,(H,15,19). The molecule has 0 aromatic carbocycles. The van der Waals surface area contributed by atoms with Gasteiger partial charge in [0.2, 0.25) is 5.43 Å². The van der Waals surface area contributed by atoms with Crippen LogP contribution in [0.25, 0.3) is 0 Å². The van der Waals surface area contributed by atoms with E-state index in [4.69, 9.17) is 14.2 Å². The predicted molar refractivity (Wildman–Crippen MR) is 78.8 cm³/mol. The Hall–Kier alpha value is -2.51. The first-order valence-electron chi connectivity index (χ1n) is 6.66. The maximum absolute atomic E-state index is 12.0. The van der Waals surface area contributed by atoms with Crippen molar-refractivity contribution in [2.24, 2.45) is 0 Å². The molecular weight excluding hydrogens is 292 g/mol. The van der Waals surface area contributed by atoms with Crippen LogP contribution in [-0.2, 0) is 9.47 Å². The topological polar surface area (TPSA) is 95.9 Å². The van der Waals surface area contributed by atoms with Gasteiger partial charge < -0.3 is 14.2 Å². The van der Waals surface area contributed by atoms with E-state index in [1.165, 1.54) is 13.3 Å². The van der Waals surface area contributed by atoms with Crippen LogP contribution >= 0.6 is 0 Å². The Morgan fingerprint density at radius 1 is 1.32 bits per heavy atom. The van der Waals surface area contributed by atoms with Gasteiger partial charge in [0.25, 0.3) is 0 Å². The molecule has 0 aliphatic carbocycles. The number of ether oxygens (including phenoxy) is 3. The first kappa shape index (κ1) is 17.5. The van der Waals surface area contributed by atoms with Gasteiger partial charge in [-0.15, -0.1) is 0 Å². The Morgan fingerprint density at radius 3 is 2.45 bits per heavy atom. The van der Waals surface area contributed by atoms with Crippen molar-refractivity contribution in [3.05, 3.63) is 28.2 Å². The summed E-state index contributed by atoms with van der Waals surface area (Å²) in [5, 5.41) is 0. The second-order valence-electron chi connectivity index (χ2n) is 5.27. The second-order valence-corrected chi connectivity index (χ2v) is 5.27. The number of methoxy groups -OCH3 is 1. The van der Waals surface area contributed by atoms with Crippen LogP contribution in [0.3, 0.4) is 0 Å². The second kappa shape index (κ2) is 6.97. The van der Waals surface area contributed by atoms with Crippen molar-refractivity contribution in [1.29, 1.82) is 0 Å². The van der Waals surface area contributed by atoms with E-state index >= 15 is 0 Å². The average Bonchev–Trinajstić information content (AvgIpc) is 2.38. The van der Waals surface area contributed by atoms with Crippen LogP contribution in [0.1, 0.15) is 38.2 Å². The van der Waals surface area contributed by atoms with E-state index in [0.717, 1.165) is 10.7 Å². The molecule has 0 fully saturated rings. The molecule has 0 spiro atoms. The monoisotopic (exact) mass is 312 g/mol. The summed E-state index contributed by atoms with van der Waals surface area (Å²) in [5.74, 6) is -1.02. The minimum Gasteiger partial charge on any atom is -0.490 e. The van der Waals surface area contributed by atoms with Gasteiger partial charge >= 0.3 is 12.1 Å². The molecule has 0 atom stereocenters. The summed E-state index contributed by atoms with van der Waals surface area (Å²) in [7, 11) is 1.25. The maximum atomic E-state index is 12.0. The molecule has 0 unspecified atom stereocenters. The number of hydrogen-bond donors (Lipinski definition) is 1. The lowest BCUT2D eigenvalue weighted by Gasteiger charge is -2.21. The molecule has 1 aromatic heterocycles. The van der Waals surface area contributed by atoms with Crippen molar-refractivity contribution in [1.82, 2.24) is 4.68 Å². The molecule has 1 amide bonds. The van der Waals surface area contributed by atoms with Gasteiger partial charge in [-0.05, 0) is 27.7 Å². The Balaban J connectivity index is 3.21. The quantitative estimate of drug-likeness (QED) is 0.847. The number of rotatable bonds is 4. The SMILES string of the molecule is CCOC(=O)c1c(OC)c(=O)ccn1NC(=O)OC(C)(C)C. The molecule has 0 saturated heterocycles. The highest BCUT2D eigenvalue weighted by atomic mass is 16.6. The number of aromatic nitrogens is 1. The molecule has 1 N–H and O–H groups in total. The molecule has 22 heavy (non-hydrogen) atoms. The zero-order valence-corrected chi connectivity index (χ0v) is 13.3. The molecular formula is C14H20N2O6. The van der Waals surface area contributed by atoms with Crippen molar-refractivity contribution >= 4 is 12.1 Å². The molecule has 1 heterocycles. The van der Waals surface area contributed by atoms with E-state index in [1.807, 2.05) is 0 Å². The normalized spacial score (nSPS) is 10.8. The first-order valence-corrected chi connectivity index (χ1v) is 6.66. The lowest BCUT2D eigenvalue weighted by atomic mass is 10.2. The smallest absolute Gasteiger partial charge is 0.426 e. The first-order chi connectivity index (χ1) is 10.2. The molecule has 1 rings (SSSR count). The Kier molecular flexibility index (Phi) is 5.56. The summed E-state index contributed by atoms with van der Waals surface area (Å²) in [6.45, 7) is 6.83. The van der Waals surface area contributed by atoms with Crippen molar-refractivity contribution in [2.45, 2.75) is 33.3 Å². The van der Waals surface area contributed by atoms with Gasteiger partial charge in [0.1, 0.15) is 5.60 Å². The van der Waals surface area contributed by atoms with Gasteiger partial charge in [-0.3, -0.25) is 4.79 Å². The number of nitrogens with one attached hydrogen (secondary N) is 1. The van der Waals surface area contributed by atoms with Gasteiger partial charge in [0.15, 0.2) is 11.4 Å².